The van der Waals surface area contributed by atoms with Crippen LogP contribution in [0.25, 0.3) is 0 Å². The molecule has 1 aromatic carbocycles. The number of halogens is 2. The van der Waals surface area contributed by atoms with Gasteiger partial charge in [0.25, 0.3) is 5.91 Å². The van der Waals surface area contributed by atoms with Crippen LogP contribution in [0.5, 0.6) is 0 Å². The first kappa shape index (κ1) is 17.1. The summed E-state index contributed by atoms with van der Waals surface area (Å²) < 4.78 is 0. The summed E-state index contributed by atoms with van der Waals surface area (Å²) in [6, 6.07) is 10.1. The molecule has 25 heavy (non-hydrogen) atoms. The van der Waals surface area contributed by atoms with Crippen molar-refractivity contribution < 1.29 is 4.79 Å². The summed E-state index contributed by atoms with van der Waals surface area (Å²) >= 11 is 11.9. The lowest BCUT2D eigenvalue weighted by atomic mass is 10.3. The maximum atomic E-state index is 12.3. The smallest absolute Gasteiger partial charge is 0.274 e. The zero-order chi connectivity index (χ0) is 17.6. The van der Waals surface area contributed by atoms with Gasteiger partial charge in [-0.15, -0.1) is 0 Å². The third-order valence-electron chi connectivity index (χ3n) is 3.24. The molecule has 0 fully saturated rings. The van der Waals surface area contributed by atoms with Gasteiger partial charge >= 0.3 is 0 Å². The van der Waals surface area contributed by atoms with Crippen LogP contribution in [0.1, 0.15) is 16.1 Å². The van der Waals surface area contributed by atoms with Gasteiger partial charge in [-0.25, -0.2) is 9.97 Å². The molecule has 0 radical (unpaired) electrons. The minimum Gasteiger partial charge on any atom is -0.350 e. The standard InChI is InChI=1S/C17H13Cl2N5O/c18-12-3-4-14(13(19)8-12)23-16(25)15-5-7-21-17(24-15)22-10-11-2-1-6-20-9-11/h1-9H,10H2,(H,23,25)(H,21,22,24). The first-order valence-electron chi connectivity index (χ1n) is 7.34. The van der Waals surface area contributed by atoms with Crippen LogP contribution in [0.3, 0.4) is 0 Å². The number of nitrogens with zero attached hydrogens (tertiary/aromatic N) is 3. The van der Waals surface area contributed by atoms with Crippen molar-refractivity contribution in [3.63, 3.8) is 0 Å². The van der Waals surface area contributed by atoms with E-state index in [1.807, 2.05) is 12.1 Å². The molecule has 8 heteroatoms. The van der Waals surface area contributed by atoms with Gasteiger partial charge in [0, 0.05) is 30.2 Å². The van der Waals surface area contributed by atoms with Crippen molar-refractivity contribution in [1.29, 1.82) is 0 Å². The van der Waals surface area contributed by atoms with Crippen LogP contribution in [-0.4, -0.2) is 20.9 Å². The van der Waals surface area contributed by atoms with Gasteiger partial charge in [0.15, 0.2) is 0 Å². The highest BCUT2D eigenvalue weighted by molar-refractivity contribution is 6.36. The maximum absolute atomic E-state index is 12.3. The molecule has 0 aliphatic carbocycles. The average molecular weight is 374 g/mol. The van der Waals surface area contributed by atoms with E-state index in [1.165, 1.54) is 12.3 Å². The highest BCUT2D eigenvalue weighted by Gasteiger charge is 2.11. The van der Waals surface area contributed by atoms with Crippen molar-refractivity contribution >= 4 is 40.7 Å². The molecule has 2 N–H and O–H groups in total. The molecule has 0 aliphatic rings. The van der Waals surface area contributed by atoms with Gasteiger partial charge in [0.2, 0.25) is 5.95 Å². The van der Waals surface area contributed by atoms with E-state index in [0.717, 1.165) is 5.56 Å². The number of benzene rings is 1. The summed E-state index contributed by atoms with van der Waals surface area (Å²) in [5, 5.41) is 6.59. The SMILES string of the molecule is O=C(Nc1ccc(Cl)cc1Cl)c1ccnc(NCc2cccnc2)n1. The molecule has 0 spiro atoms. The topological polar surface area (TPSA) is 79.8 Å². The molecule has 0 saturated heterocycles. The van der Waals surface area contributed by atoms with Gasteiger partial charge in [0.1, 0.15) is 5.69 Å². The summed E-state index contributed by atoms with van der Waals surface area (Å²) in [5.74, 6) is -0.0465. The van der Waals surface area contributed by atoms with Gasteiger partial charge in [-0.05, 0) is 35.9 Å². The third-order valence-corrected chi connectivity index (χ3v) is 3.79. The van der Waals surface area contributed by atoms with E-state index in [0.29, 0.717) is 28.2 Å². The van der Waals surface area contributed by atoms with Crippen molar-refractivity contribution in [2.45, 2.75) is 6.54 Å². The number of nitrogens with one attached hydrogen (secondary N) is 2. The lowest BCUT2D eigenvalue weighted by molar-refractivity contribution is 0.102. The van der Waals surface area contributed by atoms with Crippen LogP contribution in [0.4, 0.5) is 11.6 Å². The van der Waals surface area contributed by atoms with Crippen LogP contribution in [0, 0.1) is 0 Å². The Bertz CT molecular complexity index is 889. The van der Waals surface area contributed by atoms with E-state index < -0.39 is 5.91 Å². The van der Waals surface area contributed by atoms with Gasteiger partial charge in [0.05, 0.1) is 10.7 Å². The predicted molar refractivity (Wildman–Crippen MR) is 98.0 cm³/mol. The monoisotopic (exact) mass is 373 g/mol. The fourth-order valence-corrected chi connectivity index (χ4v) is 2.49. The summed E-state index contributed by atoms with van der Waals surface area (Å²) in [6.07, 6.45) is 4.95. The molecular formula is C17H13Cl2N5O. The summed E-state index contributed by atoms with van der Waals surface area (Å²) in [5.41, 5.74) is 1.66. The minimum absolute atomic E-state index is 0.217. The number of anilines is 2. The molecule has 3 rings (SSSR count). The average Bonchev–Trinajstić information content (AvgIpc) is 2.63. The van der Waals surface area contributed by atoms with E-state index in [4.69, 9.17) is 23.2 Å². The number of carbonyl (C=O) groups excluding carboxylic acids is 1. The largest absolute Gasteiger partial charge is 0.350 e. The van der Waals surface area contributed by atoms with Crippen molar-refractivity contribution in [2.24, 2.45) is 0 Å². The Labute approximate surface area is 154 Å². The van der Waals surface area contributed by atoms with E-state index >= 15 is 0 Å². The number of carbonyl (C=O) groups is 1. The zero-order valence-electron chi connectivity index (χ0n) is 12.9. The molecule has 126 valence electrons. The first-order chi connectivity index (χ1) is 12.1. The Morgan fingerprint density at radius 1 is 1.12 bits per heavy atom. The van der Waals surface area contributed by atoms with Crippen LogP contribution in [-0.2, 0) is 6.54 Å². The van der Waals surface area contributed by atoms with E-state index in [9.17, 15) is 4.79 Å². The Morgan fingerprint density at radius 3 is 2.76 bits per heavy atom. The Balaban J connectivity index is 1.69. The Morgan fingerprint density at radius 2 is 2.00 bits per heavy atom. The van der Waals surface area contributed by atoms with Crippen LogP contribution in [0.15, 0.2) is 55.0 Å². The molecule has 0 saturated carbocycles. The quantitative estimate of drug-likeness (QED) is 0.705. The molecule has 3 aromatic rings. The molecule has 2 heterocycles. The fourth-order valence-electron chi connectivity index (χ4n) is 2.03. The van der Waals surface area contributed by atoms with Gasteiger partial charge in [-0.2, -0.15) is 0 Å². The van der Waals surface area contributed by atoms with Crippen LogP contribution >= 0.6 is 23.2 Å². The number of hydrogen-bond donors (Lipinski definition) is 2. The van der Waals surface area contributed by atoms with Gasteiger partial charge in [-0.1, -0.05) is 29.3 Å². The minimum atomic E-state index is -0.393. The second kappa shape index (κ2) is 7.92. The first-order valence-corrected chi connectivity index (χ1v) is 8.09. The van der Waals surface area contributed by atoms with Crippen molar-refractivity contribution in [1.82, 2.24) is 15.0 Å². The van der Waals surface area contributed by atoms with E-state index in [2.05, 4.69) is 25.6 Å². The highest BCUT2D eigenvalue weighted by atomic mass is 35.5. The lowest BCUT2D eigenvalue weighted by Gasteiger charge is -2.08. The summed E-state index contributed by atoms with van der Waals surface area (Å²) in [7, 11) is 0. The van der Waals surface area contributed by atoms with E-state index in [-0.39, 0.29) is 5.69 Å². The van der Waals surface area contributed by atoms with Crippen LogP contribution < -0.4 is 10.6 Å². The predicted octanol–water partition coefficient (Wildman–Crippen LogP) is 4.04. The van der Waals surface area contributed by atoms with Crippen LogP contribution in [0.2, 0.25) is 10.0 Å². The summed E-state index contributed by atoms with van der Waals surface area (Å²) in [4.78, 5) is 24.7. The van der Waals surface area contributed by atoms with Gasteiger partial charge < -0.3 is 10.6 Å². The molecule has 0 aliphatic heterocycles. The highest BCUT2D eigenvalue weighted by Crippen LogP contribution is 2.25. The molecule has 1 amide bonds. The molecular weight excluding hydrogens is 361 g/mol. The fraction of sp³-hybridized carbons (Fsp3) is 0.0588. The number of pyridine rings is 1. The van der Waals surface area contributed by atoms with Crippen molar-refractivity contribution in [3.05, 3.63) is 76.3 Å². The molecule has 0 bridgehead atoms. The number of amides is 1. The van der Waals surface area contributed by atoms with E-state index in [1.54, 1.807) is 30.6 Å². The number of aromatic nitrogens is 3. The van der Waals surface area contributed by atoms with Crippen molar-refractivity contribution in [2.75, 3.05) is 10.6 Å². The maximum Gasteiger partial charge on any atom is 0.274 e. The molecule has 2 aromatic heterocycles. The van der Waals surface area contributed by atoms with Crippen molar-refractivity contribution in [3.8, 4) is 0 Å². The molecule has 0 atom stereocenters. The Kier molecular flexibility index (Phi) is 5.42. The normalized spacial score (nSPS) is 10.3. The Hall–Kier alpha value is -2.70. The third kappa shape index (κ3) is 4.65. The summed E-state index contributed by atoms with van der Waals surface area (Å²) in [6.45, 7) is 0.502. The molecule has 0 unspecified atom stereocenters. The second-order valence-electron chi connectivity index (χ2n) is 5.06. The number of hydrogen-bond acceptors (Lipinski definition) is 5. The molecule has 6 nitrogen and oxygen atoms in total. The number of rotatable bonds is 5. The zero-order valence-corrected chi connectivity index (χ0v) is 14.4. The van der Waals surface area contributed by atoms with Gasteiger partial charge in [-0.3, -0.25) is 9.78 Å². The second-order valence-corrected chi connectivity index (χ2v) is 5.90. The lowest BCUT2D eigenvalue weighted by Crippen LogP contribution is -2.15.